The first-order valence-corrected chi connectivity index (χ1v) is 12.1. The molecule has 208 valence electrons. The number of hydrogen-bond acceptors (Lipinski definition) is 9. The van der Waals surface area contributed by atoms with Crippen LogP contribution in [0.3, 0.4) is 0 Å². The van der Waals surface area contributed by atoms with Crippen molar-refractivity contribution in [2.75, 3.05) is 6.61 Å². The van der Waals surface area contributed by atoms with Crippen molar-refractivity contribution in [2.45, 2.75) is 114 Å². The molecule has 0 aromatic heterocycles. The van der Waals surface area contributed by atoms with E-state index in [9.17, 15) is 19.2 Å². The molecule has 1 saturated heterocycles. The molecule has 1 rings (SSSR count). The largest absolute Gasteiger partial charge is 0.462 e. The van der Waals surface area contributed by atoms with Crippen molar-refractivity contribution >= 4 is 23.9 Å². The highest BCUT2D eigenvalue weighted by Gasteiger charge is 2.55. The zero-order chi connectivity index (χ0) is 28.4. The van der Waals surface area contributed by atoms with E-state index in [0.717, 1.165) is 0 Å². The molecule has 0 aromatic carbocycles. The summed E-state index contributed by atoms with van der Waals surface area (Å²) in [4.78, 5) is 50.7. The molecule has 1 aliphatic rings. The third-order valence-electron chi connectivity index (χ3n) is 5.13. The number of rotatable bonds is 5. The summed E-state index contributed by atoms with van der Waals surface area (Å²) >= 11 is 0. The Kier molecular flexibility index (Phi) is 9.74. The summed E-state index contributed by atoms with van der Waals surface area (Å²) in [5.41, 5.74) is -3.84. The molecule has 0 radical (unpaired) electrons. The molecule has 1 fully saturated rings. The van der Waals surface area contributed by atoms with Crippen LogP contribution in [0.15, 0.2) is 0 Å². The van der Waals surface area contributed by atoms with Gasteiger partial charge in [-0.1, -0.05) is 0 Å². The maximum Gasteiger partial charge on any atom is 0.311 e. The summed E-state index contributed by atoms with van der Waals surface area (Å²) in [7, 11) is 0. The van der Waals surface area contributed by atoms with Crippen LogP contribution in [0.1, 0.15) is 83.1 Å². The van der Waals surface area contributed by atoms with Gasteiger partial charge in [0.05, 0.1) is 21.7 Å². The van der Waals surface area contributed by atoms with Crippen LogP contribution in [0.2, 0.25) is 0 Å². The van der Waals surface area contributed by atoms with Crippen LogP contribution >= 0.6 is 0 Å². The number of carbonyl (C=O) groups is 4. The van der Waals surface area contributed by atoms with E-state index in [1.54, 1.807) is 83.1 Å². The minimum Gasteiger partial charge on any atom is -0.462 e. The van der Waals surface area contributed by atoms with Gasteiger partial charge in [-0.15, -0.1) is 0 Å². The quantitative estimate of drug-likeness (QED) is 0.391. The summed E-state index contributed by atoms with van der Waals surface area (Å²) < 4.78 is 42.8. The molecule has 0 amide bonds. The lowest BCUT2D eigenvalue weighted by Crippen LogP contribution is -2.62. The molecule has 1 heterocycles. The van der Waals surface area contributed by atoms with E-state index in [4.69, 9.17) is 23.7 Å². The normalized spacial score (nSPS) is 25.5. The smallest absolute Gasteiger partial charge is 0.311 e. The predicted octanol–water partition coefficient (Wildman–Crippen LogP) is 4.14. The van der Waals surface area contributed by atoms with E-state index in [0.29, 0.717) is 0 Å². The fourth-order valence-corrected chi connectivity index (χ4v) is 2.68. The Bertz CT molecular complexity index is 824. The fraction of sp³-hybridized carbons (Fsp3) is 0.846. The van der Waals surface area contributed by atoms with Crippen LogP contribution in [0.5, 0.6) is 0 Å². The Morgan fingerprint density at radius 3 is 1.28 bits per heavy atom. The van der Waals surface area contributed by atoms with E-state index in [1.807, 2.05) is 0 Å². The van der Waals surface area contributed by atoms with E-state index < -0.39 is 82.9 Å². The van der Waals surface area contributed by atoms with Gasteiger partial charge in [0.1, 0.15) is 12.7 Å². The molecule has 0 bridgehead atoms. The average molecular weight is 519 g/mol. The first-order chi connectivity index (χ1) is 16.0. The molecule has 1 unspecified atom stereocenters. The Labute approximate surface area is 213 Å². The molecule has 1 aliphatic heterocycles. The van der Waals surface area contributed by atoms with Gasteiger partial charge >= 0.3 is 23.9 Å². The van der Waals surface area contributed by atoms with E-state index in [2.05, 4.69) is 0 Å². The summed E-state index contributed by atoms with van der Waals surface area (Å²) in [6.07, 6.45) is -8.30. The molecule has 5 atom stereocenters. The number of carbonyl (C=O) groups excluding carboxylic acids is 4. The van der Waals surface area contributed by atoms with Crippen LogP contribution in [0.4, 0.5) is 4.39 Å². The molecule has 9 nitrogen and oxygen atoms in total. The van der Waals surface area contributed by atoms with Gasteiger partial charge in [0.15, 0.2) is 18.3 Å². The SMILES string of the molecule is CC(C)(C)C(=O)OC[C@@H]1OC(F)[C@H](OC(=O)C(C)(C)C)[C@@H](OC(=O)C(C)(C)C)[C@@H]1OC(=O)C(C)(C)C. The van der Waals surface area contributed by atoms with Gasteiger partial charge in [0.2, 0.25) is 6.36 Å². The number of esters is 4. The van der Waals surface area contributed by atoms with Crippen molar-refractivity contribution in [1.29, 1.82) is 0 Å². The van der Waals surface area contributed by atoms with E-state index in [-0.39, 0.29) is 0 Å². The summed E-state index contributed by atoms with van der Waals surface area (Å²) in [5.74, 6) is -2.79. The molecule has 0 aliphatic carbocycles. The highest BCUT2D eigenvalue weighted by Crippen LogP contribution is 2.34. The number of hydrogen-bond donors (Lipinski definition) is 0. The number of ether oxygens (including phenoxy) is 5. The van der Waals surface area contributed by atoms with Gasteiger partial charge in [-0.25, -0.2) is 4.39 Å². The van der Waals surface area contributed by atoms with Crippen LogP contribution in [0, 0.1) is 21.7 Å². The molecule has 10 heteroatoms. The molecule has 0 saturated carbocycles. The van der Waals surface area contributed by atoms with Gasteiger partial charge < -0.3 is 23.7 Å². The standard InChI is InChI=1S/C26H43FO9/c1-23(2,3)19(28)32-13-14-15(34-20(29)24(4,5)6)16(35-21(30)25(7,8)9)17(18(27)33-14)36-22(31)26(10,11)12/h14-18H,13H2,1-12H3/t14-,15+,16-,17+,18?/m0/s1. The molecular weight excluding hydrogens is 475 g/mol. The molecule has 0 N–H and O–H groups in total. The van der Waals surface area contributed by atoms with Crippen molar-refractivity contribution < 1.29 is 47.3 Å². The van der Waals surface area contributed by atoms with Crippen molar-refractivity contribution in [1.82, 2.24) is 0 Å². The van der Waals surface area contributed by atoms with Crippen molar-refractivity contribution in [3.8, 4) is 0 Å². The number of halogens is 1. The fourth-order valence-electron chi connectivity index (χ4n) is 2.68. The summed E-state index contributed by atoms with van der Waals surface area (Å²) in [5, 5.41) is 0. The highest BCUT2D eigenvalue weighted by molar-refractivity contribution is 5.78. The second-order valence-corrected chi connectivity index (χ2v) is 13.2. The van der Waals surface area contributed by atoms with Crippen LogP contribution in [0.25, 0.3) is 0 Å². The molecular formula is C26H43FO9. The van der Waals surface area contributed by atoms with Gasteiger partial charge in [-0.3, -0.25) is 19.2 Å². The third-order valence-corrected chi connectivity index (χ3v) is 5.13. The molecule has 0 aromatic rings. The van der Waals surface area contributed by atoms with Crippen LogP contribution in [-0.2, 0) is 42.9 Å². The van der Waals surface area contributed by atoms with E-state index in [1.165, 1.54) is 0 Å². The maximum absolute atomic E-state index is 15.4. The minimum atomic E-state index is -2.25. The summed E-state index contributed by atoms with van der Waals surface area (Å²) in [6, 6.07) is 0. The van der Waals surface area contributed by atoms with Gasteiger partial charge in [0.25, 0.3) is 0 Å². The second-order valence-electron chi connectivity index (χ2n) is 13.2. The number of alkyl halides is 1. The first kappa shape index (κ1) is 31.8. The first-order valence-electron chi connectivity index (χ1n) is 12.1. The lowest BCUT2D eigenvalue weighted by Gasteiger charge is -2.43. The van der Waals surface area contributed by atoms with Crippen LogP contribution in [-0.4, -0.2) is 61.3 Å². The lowest BCUT2D eigenvalue weighted by molar-refractivity contribution is -0.283. The molecule has 36 heavy (non-hydrogen) atoms. The zero-order valence-electron chi connectivity index (χ0n) is 23.6. The minimum absolute atomic E-state index is 0.484. The van der Waals surface area contributed by atoms with E-state index >= 15 is 4.39 Å². The zero-order valence-corrected chi connectivity index (χ0v) is 23.6. The monoisotopic (exact) mass is 518 g/mol. The van der Waals surface area contributed by atoms with Crippen molar-refractivity contribution in [2.24, 2.45) is 21.7 Å². The predicted molar refractivity (Wildman–Crippen MR) is 128 cm³/mol. The Hall–Kier alpha value is -2.23. The van der Waals surface area contributed by atoms with Crippen LogP contribution < -0.4 is 0 Å². The highest BCUT2D eigenvalue weighted by atomic mass is 19.1. The topological polar surface area (TPSA) is 114 Å². The average Bonchev–Trinajstić information content (AvgIpc) is 2.67. The lowest BCUT2D eigenvalue weighted by atomic mass is 9.93. The maximum atomic E-state index is 15.4. The Morgan fingerprint density at radius 1 is 0.583 bits per heavy atom. The summed E-state index contributed by atoms with van der Waals surface area (Å²) in [6.45, 7) is 18.8. The Morgan fingerprint density at radius 2 is 0.917 bits per heavy atom. The third kappa shape index (κ3) is 8.71. The van der Waals surface area contributed by atoms with Gasteiger partial charge in [0, 0.05) is 0 Å². The van der Waals surface area contributed by atoms with Crippen molar-refractivity contribution in [3.05, 3.63) is 0 Å². The van der Waals surface area contributed by atoms with Gasteiger partial charge in [-0.05, 0) is 83.1 Å². The molecule has 0 spiro atoms. The Balaban J connectivity index is 3.50. The second kappa shape index (κ2) is 11.0. The van der Waals surface area contributed by atoms with Crippen molar-refractivity contribution in [3.63, 3.8) is 0 Å². The van der Waals surface area contributed by atoms with Gasteiger partial charge in [-0.2, -0.15) is 0 Å².